The van der Waals surface area contributed by atoms with E-state index in [1.54, 1.807) is 18.2 Å². The van der Waals surface area contributed by atoms with Crippen LogP contribution in [0.1, 0.15) is 28.4 Å². The van der Waals surface area contributed by atoms with Gasteiger partial charge in [0.25, 0.3) is 0 Å². The largest absolute Gasteiger partial charge is 0.507 e. The second kappa shape index (κ2) is 5.72. The molecule has 1 atom stereocenters. The first-order valence-electron chi connectivity index (χ1n) is 7.01. The molecule has 120 valence electrons. The van der Waals surface area contributed by atoms with E-state index in [1.807, 2.05) is 0 Å². The molecule has 1 heterocycles. The van der Waals surface area contributed by atoms with Crippen LogP contribution in [0.4, 0.5) is 0 Å². The van der Waals surface area contributed by atoms with Gasteiger partial charge in [-0.25, -0.2) is 0 Å². The van der Waals surface area contributed by atoms with Crippen LogP contribution >= 0.6 is 0 Å². The van der Waals surface area contributed by atoms with Gasteiger partial charge in [-0.2, -0.15) is 0 Å². The van der Waals surface area contributed by atoms with Crippen LogP contribution < -0.4 is 14.2 Å². The lowest BCUT2D eigenvalue weighted by Crippen LogP contribution is -2.20. The van der Waals surface area contributed by atoms with E-state index in [4.69, 9.17) is 14.2 Å². The predicted molar refractivity (Wildman–Crippen MR) is 81.6 cm³/mol. The first kappa shape index (κ1) is 15.0. The number of Topliss-reactive ketones (excluding diaryl/α,β-unsaturated/α-hetero) is 1. The molecule has 2 aromatic carbocycles. The Labute approximate surface area is 132 Å². The Hall–Kier alpha value is -2.89. The van der Waals surface area contributed by atoms with Crippen molar-refractivity contribution in [3.05, 3.63) is 41.5 Å². The van der Waals surface area contributed by atoms with Gasteiger partial charge in [-0.3, -0.25) is 4.79 Å². The molecule has 2 N–H and O–H groups in total. The van der Waals surface area contributed by atoms with Crippen molar-refractivity contribution in [2.45, 2.75) is 12.5 Å². The van der Waals surface area contributed by atoms with E-state index in [9.17, 15) is 15.0 Å². The summed E-state index contributed by atoms with van der Waals surface area (Å²) in [5.41, 5.74) is 0.796. The molecule has 0 unspecified atom stereocenters. The molecule has 0 aromatic heterocycles. The number of phenolic OH excluding ortho intramolecular Hbond substituents is 2. The molecule has 0 aliphatic carbocycles. The summed E-state index contributed by atoms with van der Waals surface area (Å²) in [4.78, 5) is 12.3. The van der Waals surface area contributed by atoms with Crippen LogP contribution in [0.5, 0.6) is 28.7 Å². The molecule has 6 heteroatoms. The number of rotatable bonds is 3. The van der Waals surface area contributed by atoms with Gasteiger partial charge in [0, 0.05) is 12.1 Å². The van der Waals surface area contributed by atoms with Crippen molar-refractivity contribution >= 4 is 5.78 Å². The highest BCUT2D eigenvalue weighted by atomic mass is 16.5. The van der Waals surface area contributed by atoms with Crippen molar-refractivity contribution in [1.29, 1.82) is 0 Å². The molecule has 1 aliphatic heterocycles. The molecule has 0 amide bonds. The number of carbonyl (C=O) groups is 1. The SMILES string of the molecule is COc1cc(O)c2c(c1)O[C@@H](c1ccc(OC)c(O)c1)CC2=O. The van der Waals surface area contributed by atoms with Gasteiger partial charge in [0.1, 0.15) is 28.9 Å². The molecule has 3 rings (SSSR count). The zero-order valence-electron chi connectivity index (χ0n) is 12.7. The number of ketones is 1. The summed E-state index contributed by atoms with van der Waals surface area (Å²) in [6.45, 7) is 0. The Kier molecular flexibility index (Phi) is 3.73. The van der Waals surface area contributed by atoms with Gasteiger partial charge in [0.15, 0.2) is 17.3 Å². The molecular weight excluding hydrogens is 300 g/mol. The number of ether oxygens (including phenoxy) is 3. The number of hydrogen-bond donors (Lipinski definition) is 2. The highest BCUT2D eigenvalue weighted by Gasteiger charge is 2.31. The Bertz CT molecular complexity index is 768. The van der Waals surface area contributed by atoms with E-state index in [1.165, 1.54) is 26.4 Å². The van der Waals surface area contributed by atoms with Crippen LogP contribution in [0.2, 0.25) is 0 Å². The van der Waals surface area contributed by atoms with Gasteiger partial charge in [0.2, 0.25) is 0 Å². The number of methoxy groups -OCH3 is 2. The molecule has 0 radical (unpaired) electrons. The third-order valence-electron chi connectivity index (χ3n) is 3.78. The van der Waals surface area contributed by atoms with Crippen molar-refractivity contribution in [2.75, 3.05) is 14.2 Å². The smallest absolute Gasteiger partial charge is 0.174 e. The van der Waals surface area contributed by atoms with E-state index >= 15 is 0 Å². The number of benzene rings is 2. The van der Waals surface area contributed by atoms with Gasteiger partial charge >= 0.3 is 0 Å². The van der Waals surface area contributed by atoms with Crippen LogP contribution in [0.25, 0.3) is 0 Å². The highest BCUT2D eigenvalue weighted by Crippen LogP contribution is 2.42. The third-order valence-corrected chi connectivity index (χ3v) is 3.78. The summed E-state index contributed by atoms with van der Waals surface area (Å²) >= 11 is 0. The lowest BCUT2D eigenvalue weighted by molar-refractivity contribution is 0.0844. The van der Waals surface area contributed by atoms with Crippen LogP contribution in [-0.4, -0.2) is 30.2 Å². The van der Waals surface area contributed by atoms with E-state index in [2.05, 4.69) is 0 Å². The topological polar surface area (TPSA) is 85.2 Å². The predicted octanol–water partition coefficient (Wildman–Crippen LogP) is 2.82. The van der Waals surface area contributed by atoms with Gasteiger partial charge in [0.05, 0.1) is 20.6 Å². The van der Waals surface area contributed by atoms with Crippen LogP contribution in [0.15, 0.2) is 30.3 Å². The summed E-state index contributed by atoms with van der Waals surface area (Å²) in [6, 6.07) is 7.77. The molecule has 2 aromatic rings. The molecule has 0 spiro atoms. The van der Waals surface area contributed by atoms with E-state index in [-0.39, 0.29) is 35.0 Å². The third kappa shape index (κ3) is 2.63. The molecule has 6 nitrogen and oxygen atoms in total. The van der Waals surface area contributed by atoms with Crippen molar-refractivity contribution in [1.82, 2.24) is 0 Å². The Balaban J connectivity index is 1.98. The maximum absolute atomic E-state index is 12.3. The van der Waals surface area contributed by atoms with Crippen molar-refractivity contribution in [2.24, 2.45) is 0 Å². The summed E-state index contributed by atoms with van der Waals surface area (Å²) < 4.78 is 15.9. The zero-order chi connectivity index (χ0) is 16.6. The molecule has 23 heavy (non-hydrogen) atoms. The van der Waals surface area contributed by atoms with Crippen molar-refractivity contribution in [3.63, 3.8) is 0 Å². The summed E-state index contributed by atoms with van der Waals surface area (Å²) in [5, 5.41) is 19.9. The number of fused-ring (bicyclic) bond motifs is 1. The quantitative estimate of drug-likeness (QED) is 0.905. The fraction of sp³-hybridized carbons (Fsp3) is 0.235. The van der Waals surface area contributed by atoms with Gasteiger partial charge in [-0.05, 0) is 17.7 Å². The fourth-order valence-electron chi connectivity index (χ4n) is 2.63. The Morgan fingerprint density at radius 1 is 1.09 bits per heavy atom. The first-order valence-corrected chi connectivity index (χ1v) is 7.01. The maximum atomic E-state index is 12.3. The van der Waals surface area contributed by atoms with E-state index in [0.717, 1.165) is 0 Å². The minimum Gasteiger partial charge on any atom is -0.507 e. The molecule has 0 saturated carbocycles. The number of hydrogen-bond acceptors (Lipinski definition) is 6. The van der Waals surface area contributed by atoms with Crippen molar-refractivity contribution < 1.29 is 29.2 Å². The summed E-state index contributed by atoms with van der Waals surface area (Å²) in [7, 11) is 2.92. The zero-order valence-corrected chi connectivity index (χ0v) is 12.7. The molecule has 1 aliphatic rings. The monoisotopic (exact) mass is 316 g/mol. The standard InChI is InChI=1S/C17H16O6/c1-21-10-6-12(19)17-13(20)8-15(23-16(17)7-10)9-3-4-14(22-2)11(18)5-9/h3-7,15,18-19H,8H2,1-2H3/t15-/m1/s1. The van der Waals surface area contributed by atoms with Gasteiger partial charge in [-0.1, -0.05) is 6.07 Å². The highest BCUT2D eigenvalue weighted by molar-refractivity contribution is 6.02. The average molecular weight is 316 g/mol. The second-order valence-electron chi connectivity index (χ2n) is 5.18. The number of aromatic hydroxyl groups is 2. The number of carbonyl (C=O) groups excluding carboxylic acids is 1. The molecular formula is C17H16O6. The van der Waals surface area contributed by atoms with Gasteiger partial charge in [-0.15, -0.1) is 0 Å². The van der Waals surface area contributed by atoms with Gasteiger partial charge < -0.3 is 24.4 Å². The Morgan fingerprint density at radius 3 is 2.52 bits per heavy atom. The maximum Gasteiger partial charge on any atom is 0.174 e. The fourth-order valence-corrected chi connectivity index (χ4v) is 2.63. The molecule has 0 bridgehead atoms. The normalized spacial score (nSPS) is 16.4. The summed E-state index contributed by atoms with van der Waals surface area (Å²) in [6.07, 6.45) is -0.489. The van der Waals surface area contributed by atoms with Crippen LogP contribution in [0, 0.1) is 0 Å². The lowest BCUT2D eigenvalue weighted by Gasteiger charge is -2.26. The second-order valence-corrected chi connectivity index (χ2v) is 5.18. The minimum absolute atomic E-state index is 0.0275. The molecule has 0 saturated heterocycles. The van der Waals surface area contributed by atoms with Crippen LogP contribution in [-0.2, 0) is 0 Å². The Morgan fingerprint density at radius 2 is 1.87 bits per heavy atom. The summed E-state index contributed by atoms with van der Waals surface area (Å²) in [5.74, 6) is 0.578. The van der Waals surface area contributed by atoms with Crippen molar-refractivity contribution in [3.8, 4) is 28.7 Å². The molecule has 0 fully saturated rings. The minimum atomic E-state index is -0.557. The van der Waals surface area contributed by atoms with E-state index < -0.39 is 6.10 Å². The average Bonchev–Trinajstić information content (AvgIpc) is 2.53. The number of phenols is 2. The first-order chi connectivity index (χ1) is 11.0. The van der Waals surface area contributed by atoms with E-state index in [0.29, 0.717) is 17.1 Å². The van der Waals surface area contributed by atoms with Crippen LogP contribution in [0.3, 0.4) is 0 Å². The lowest BCUT2D eigenvalue weighted by atomic mass is 9.95.